The molecular formula is C8H19N3S2. The summed E-state index contributed by atoms with van der Waals surface area (Å²) in [4.78, 5) is 0. The number of hydrogen-bond donors (Lipinski definition) is 3. The van der Waals surface area contributed by atoms with Crippen molar-refractivity contribution in [3.05, 3.63) is 0 Å². The maximum atomic E-state index is 5.17. The largest absolute Gasteiger partial charge is 0.360 e. The molecule has 0 aliphatic carbocycles. The summed E-state index contributed by atoms with van der Waals surface area (Å²) in [7, 11) is 0. The fraction of sp³-hybridized carbons (Fsp3) is 0.875. The van der Waals surface area contributed by atoms with Gasteiger partial charge in [-0.15, -0.1) is 0 Å². The van der Waals surface area contributed by atoms with Crippen LogP contribution in [0.3, 0.4) is 0 Å². The molecule has 13 heavy (non-hydrogen) atoms. The Balaban J connectivity index is 4.02. The third kappa shape index (κ3) is 4.15. The maximum Gasteiger partial charge on any atom is 0.180 e. The van der Waals surface area contributed by atoms with Crippen molar-refractivity contribution in [3.8, 4) is 0 Å². The molecule has 0 saturated heterocycles. The highest BCUT2D eigenvalue weighted by Gasteiger charge is 2.24. The third-order valence-electron chi connectivity index (χ3n) is 2.42. The van der Waals surface area contributed by atoms with Crippen molar-refractivity contribution in [2.45, 2.75) is 31.4 Å². The summed E-state index contributed by atoms with van der Waals surface area (Å²) < 4.78 is 0.279. The molecule has 3 nitrogen and oxygen atoms in total. The first-order chi connectivity index (χ1) is 6.14. The summed E-state index contributed by atoms with van der Waals surface area (Å²) in [6.07, 6.45) is 4.39. The minimum absolute atomic E-state index is 0.279. The minimum Gasteiger partial charge on any atom is -0.360 e. The van der Waals surface area contributed by atoms with E-state index in [1.54, 1.807) is 0 Å². The van der Waals surface area contributed by atoms with Gasteiger partial charge in [0.25, 0.3) is 0 Å². The third-order valence-corrected chi connectivity index (χ3v) is 4.27. The molecule has 0 heterocycles. The monoisotopic (exact) mass is 221 g/mol. The summed E-state index contributed by atoms with van der Waals surface area (Å²) in [5, 5.41) is 3.61. The van der Waals surface area contributed by atoms with Gasteiger partial charge in [0, 0.05) is 11.3 Å². The van der Waals surface area contributed by atoms with Crippen LogP contribution < -0.4 is 16.6 Å². The van der Waals surface area contributed by atoms with Gasteiger partial charge in [-0.1, -0.05) is 13.8 Å². The van der Waals surface area contributed by atoms with Crippen LogP contribution in [0.2, 0.25) is 0 Å². The molecule has 0 spiro atoms. The Morgan fingerprint density at radius 2 is 2.00 bits per heavy atom. The van der Waals surface area contributed by atoms with Crippen LogP contribution in [0, 0.1) is 0 Å². The van der Waals surface area contributed by atoms with E-state index >= 15 is 0 Å². The van der Waals surface area contributed by atoms with Crippen molar-refractivity contribution < 1.29 is 0 Å². The number of thiocarbonyl (C=S) groups is 1. The Morgan fingerprint density at radius 1 is 1.46 bits per heavy atom. The van der Waals surface area contributed by atoms with Crippen LogP contribution in [0.25, 0.3) is 0 Å². The van der Waals surface area contributed by atoms with Gasteiger partial charge >= 0.3 is 0 Å². The van der Waals surface area contributed by atoms with E-state index in [1.807, 2.05) is 11.8 Å². The van der Waals surface area contributed by atoms with Gasteiger partial charge in [0.2, 0.25) is 0 Å². The molecule has 0 fully saturated rings. The van der Waals surface area contributed by atoms with Crippen molar-refractivity contribution in [2.75, 3.05) is 12.8 Å². The highest BCUT2D eigenvalue weighted by atomic mass is 32.2. The smallest absolute Gasteiger partial charge is 0.180 e. The predicted octanol–water partition coefficient (Wildman–Crippen LogP) is 1.25. The first kappa shape index (κ1) is 13.0. The number of rotatable bonds is 5. The second-order valence-electron chi connectivity index (χ2n) is 2.92. The summed E-state index contributed by atoms with van der Waals surface area (Å²) in [6.45, 7) is 5.26. The van der Waals surface area contributed by atoms with Gasteiger partial charge in [-0.25, -0.2) is 5.84 Å². The minimum atomic E-state index is 0.279. The molecule has 0 bridgehead atoms. The van der Waals surface area contributed by atoms with E-state index < -0.39 is 0 Å². The molecule has 0 aliphatic rings. The maximum absolute atomic E-state index is 5.17. The Kier molecular flexibility index (Phi) is 6.45. The van der Waals surface area contributed by atoms with Crippen LogP contribution in [0.1, 0.15) is 26.7 Å². The fourth-order valence-electron chi connectivity index (χ4n) is 1.15. The molecule has 0 saturated carbocycles. The van der Waals surface area contributed by atoms with Crippen LogP contribution in [-0.4, -0.2) is 22.7 Å². The van der Waals surface area contributed by atoms with Crippen molar-refractivity contribution in [3.63, 3.8) is 0 Å². The molecule has 4 N–H and O–H groups in total. The van der Waals surface area contributed by atoms with Crippen LogP contribution in [0.5, 0.6) is 0 Å². The van der Waals surface area contributed by atoms with E-state index in [-0.39, 0.29) is 4.75 Å². The first-order valence-electron chi connectivity index (χ1n) is 4.43. The van der Waals surface area contributed by atoms with Crippen molar-refractivity contribution in [2.24, 2.45) is 5.84 Å². The zero-order chi connectivity index (χ0) is 10.3. The van der Waals surface area contributed by atoms with Gasteiger partial charge in [-0.05, 0) is 31.3 Å². The topological polar surface area (TPSA) is 50.1 Å². The molecule has 0 unspecified atom stereocenters. The number of hydrogen-bond acceptors (Lipinski definition) is 3. The van der Waals surface area contributed by atoms with E-state index in [1.165, 1.54) is 0 Å². The summed E-state index contributed by atoms with van der Waals surface area (Å²) >= 11 is 6.79. The second kappa shape index (κ2) is 6.45. The van der Waals surface area contributed by atoms with E-state index in [0.29, 0.717) is 5.11 Å². The van der Waals surface area contributed by atoms with Gasteiger partial charge in [0.1, 0.15) is 0 Å². The van der Waals surface area contributed by atoms with E-state index in [2.05, 4.69) is 30.8 Å². The van der Waals surface area contributed by atoms with Crippen molar-refractivity contribution >= 4 is 29.1 Å². The molecule has 78 valence electrons. The fourth-order valence-corrected chi connectivity index (χ4v) is 2.02. The lowest BCUT2D eigenvalue weighted by atomic mass is 10.0. The molecule has 0 aliphatic heterocycles. The number of nitrogens with two attached hydrogens (primary N) is 1. The van der Waals surface area contributed by atoms with Crippen LogP contribution in [0.15, 0.2) is 0 Å². The predicted molar refractivity (Wildman–Crippen MR) is 64.8 cm³/mol. The van der Waals surface area contributed by atoms with Crippen LogP contribution in [0.4, 0.5) is 0 Å². The number of nitrogens with one attached hydrogen (secondary N) is 2. The van der Waals surface area contributed by atoms with Gasteiger partial charge in [0.05, 0.1) is 0 Å². The van der Waals surface area contributed by atoms with E-state index in [9.17, 15) is 0 Å². The Hall–Kier alpha value is -0.0000000000000000555. The van der Waals surface area contributed by atoms with Gasteiger partial charge in [0.15, 0.2) is 5.11 Å². The molecule has 0 rings (SSSR count). The summed E-state index contributed by atoms with van der Waals surface area (Å²) in [5.74, 6) is 5.17. The van der Waals surface area contributed by atoms with Crippen LogP contribution >= 0.6 is 24.0 Å². The normalized spacial score (nSPS) is 11.1. The quantitative estimate of drug-likeness (QED) is 0.370. The van der Waals surface area contributed by atoms with Gasteiger partial charge in [-0.2, -0.15) is 11.8 Å². The highest BCUT2D eigenvalue weighted by molar-refractivity contribution is 8.00. The Morgan fingerprint density at radius 3 is 2.31 bits per heavy atom. The molecule has 0 aromatic carbocycles. The molecule has 0 atom stereocenters. The lowest BCUT2D eigenvalue weighted by Crippen LogP contribution is -2.46. The second-order valence-corrected chi connectivity index (χ2v) is 4.60. The molecular weight excluding hydrogens is 202 g/mol. The zero-order valence-electron chi connectivity index (χ0n) is 8.52. The van der Waals surface area contributed by atoms with Gasteiger partial charge in [-0.3, -0.25) is 0 Å². The molecule has 5 heteroatoms. The molecule has 0 aromatic rings. The zero-order valence-corrected chi connectivity index (χ0v) is 10.1. The number of hydrazine groups is 1. The SMILES string of the molecule is CCC(CC)(CNC(=S)NN)SC. The molecule has 0 amide bonds. The average Bonchev–Trinajstić information content (AvgIpc) is 2.20. The average molecular weight is 221 g/mol. The van der Waals surface area contributed by atoms with Crippen LogP contribution in [-0.2, 0) is 0 Å². The first-order valence-corrected chi connectivity index (χ1v) is 6.07. The highest BCUT2D eigenvalue weighted by Crippen LogP contribution is 2.29. The molecule has 0 radical (unpaired) electrons. The Bertz CT molecular complexity index is 149. The molecule has 0 aromatic heterocycles. The lowest BCUT2D eigenvalue weighted by molar-refractivity contribution is 0.535. The lowest BCUT2D eigenvalue weighted by Gasteiger charge is -2.30. The number of thioether (sulfide) groups is 1. The van der Waals surface area contributed by atoms with Crippen molar-refractivity contribution in [1.82, 2.24) is 10.7 Å². The van der Waals surface area contributed by atoms with E-state index in [4.69, 9.17) is 18.1 Å². The summed E-state index contributed by atoms with van der Waals surface area (Å²) in [5.41, 5.74) is 2.42. The Labute approximate surface area is 90.2 Å². The van der Waals surface area contributed by atoms with Crippen molar-refractivity contribution in [1.29, 1.82) is 0 Å². The van der Waals surface area contributed by atoms with Gasteiger partial charge < -0.3 is 10.7 Å². The standard InChI is InChI=1S/C8H19N3S2/c1-4-8(5-2,13-3)6-10-7(12)11-9/h4-6,9H2,1-3H3,(H2,10,11,12). The summed E-state index contributed by atoms with van der Waals surface area (Å²) in [6, 6.07) is 0. The van der Waals surface area contributed by atoms with E-state index in [0.717, 1.165) is 19.4 Å².